The second-order valence-corrected chi connectivity index (χ2v) is 6.51. The monoisotopic (exact) mass is 337 g/mol. The number of aryl methyl sites for hydroxylation is 1. The number of hydrogen-bond acceptors (Lipinski definition) is 4. The van der Waals surface area contributed by atoms with Gasteiger partial charge in [0.05, 0.1) is 0 Å². The van der Waals surface area contributed by atoms with Crippen LogP contribution in [-0.4, -0.2) is 10.9 Å². The van der Waals surface area contributed by atoms with Gasteiger partial charge in [-0.3, -0.25) is 9.78 Å². The van der Waals surface area contributed by atoms with Gasteiger partial charge in [0.1, 0.15) is 0 Å². The maximum atomic E-state index is 12.3. The number of hydrogen-bond donors (Lipinski definition) is 2. The van der Waals surface area contributed by atoms with Crippen molar-refractivity contribution in [3.8, 4) is 0 Å². The molecule has 2 heterocycles. The number of nitrogens with zero attached hydrogens (tertiary/aromatic N) is 1. The zero-order valence-electron chi connectivity index (χ0n) is 13.5. The van der Waals surface area contributed by atoms with Crippen LogP contribution in [0, 0.1) is 6.92 Å². The Morgan fingerprint density at radius 1 is 1.17 bits per heavy atom. The van der Waals surface area contributed by atoms with Gasteiger partial charge in [0.25, 0.3) is 5.91 Å². The molecule has 122 valence electrons. The van der Waals surface area contributed by atoms with Crippen LogP contribution in [0.5, 0.6) is 0 Å². The first-order chi connectivity index (χ1) is 11.7. The molecule has 24 heavy (non-hydrogen) atoms. The zero-order chi connectivity index (χ0) is 16.8. The summed E-state index contributed by atoms with van der Waals surface area (Å²) in [4.78, 5) is 17.7. The van der Waals surface area contributed by atoms with Crippen molar-refractivity contribution in [2.45, 2.75) is 20.0 Å². The summed E-state index contributed by atoms with van der Waals surface area (Å²) in [5, 5.41) is 8.39. The van der Waals surface area contributed by atoms with Crippen LogP contribution in [-0.2, 0) is 13.1 Å². The maximum absolute atomic E-state index is 12.3. The van der Waals surface area contributed by atoms with E-state index < -0.39 is 0 Å². The van der Waals surface area contributed by atoms with Crippen molar-refractivity contribution >= 4 is 22.9 Å². The Bertz CT molecular complexity index is 814. The smallest absolute Gasteiger partial charge is 0.251 e. The molecule has 1 amide bonds. The molecule has 4 nitrogen and oxygen atoms in total. The summed E-state index contributed by atoms with van der Waals surface area (Å²) >= 11 is 1.74. The van der Waals surface area contributed by atoms with Crippen LogP contribution in [0.2, 0.25) is 0 Å². The van der Waals surface area contributed by atoms with E-state index in [0.29, 0.717) is 12.1 Å². The predicted octanol–water partition coefficient (Wildman–Crippen LogP) is 3.99. The van der Waals surface area contributed by atoms with Crippen LogP contribution in [0.1, 0.15) is 26.4 Å². The number of amides is 1. The molecular weight excluding hydrogens is 318 g/mol. The Labute approximate surface area is 145 Å². The molecular formula is C19H19N3OS. The number of carbonyl (C=O) groups is 1. The van der Waals surface area contributed by atoms with Crippen LogP contribution in [0.4, 0.5) is 5.69 Å². The fourth-order valence-electron chi connectivity index (χ4n) is 2.33. The Hall–Kier alpha value is -2.66. The summed E-state index contributed by atoms with van der Waals surface area (Å²) < 4.78 is 0. The standard InChI is InChI=1S/C19H19N3OS/c1-14-7-9-24-18(14)13-21-17-6-2-5-16(10-17)19(23)22-12-15-4-3-8-20-11-15/h2-11,21H,12-13H2,1H3,(H,22,23). The number of nitrogens with one attached hydrogen (secondary N) is 2. The number of aromatic nitrogens is 1. The van der Waals surface area contributed by atoms with Gasteiger partial charge in [-0.05, 0) is 53.8 Å². The highest BCUT2D eigenvalue weighted by Gasteiger charge is 2.07. The molecule has 0 bridgehead atoms. The number of carbonyl (C=O) groups excluding carboxylic acids is 1. The van der Waals surface area contributed by atoms with E-state index in [0.717, 1.165) is 17.8 Å². The number of benzene rings is 1. The summed E-state index contributed by atoms with van der Waals surface area (Å²) in [5.41, 5.74) is 3.86. The summed E-state index contributed by atoms with van der Waals surface area (Å²) in [7, 11) is 0. The normalized spacial score (nSPS) is 10.4. The van der Waals surface area contributed by atoms with Gasteiger partial charge in [0.15, 0.2) is 0 Å². The highest BCUT2D eigenvalue weighted by Crippen LogP contribution is 2.18. The van der Waals surface area contributed by atoms with Crippen LogP contribution in [0.25, 0.3) is 0 Å². The zero-order valence-corrected chi connectivity index (χ0v) is 14.3. The highest BCUT2D eigenvalue weighted by atomic mass is 32.1. The number of anilines is 1. The van der Waals surface area contributed by atoms with E-state index in [1.54, 1.807) is 23.7 Å². The molecule has 5 heteroatoms. The van der Waals surface area contributed by atoms with Crippen molar-refractivity contribution in [3.63, 3.8) is 0 Å². The lowest BCUT2D eigenvalue weighted by Crippen LogP contribution is -2.22. The molecule has 1 aromatic carbocycles. The van der Waals surface area contributed by atoms with E-state index in [9.17, 15) is 4.79 Å². The SMILES string of the molecule is Cc1ccsc1CNc1cccc(C(=O)NCc2cccnc2)c1. The van der Waals surface area contributed by atoms with Crippen molar-refractivity contribution in [2.75, 3.05) is 5.32 Å². The van der Waals surface area contributed by atoms with Gasteiger partial charge < -0.3 is 10.6 Å². The molecule has 0 aliphatic rings. The Kier molecular flexibility index (Phi) is 5.23. The summed E-state index contributed by atoms with van der Waals surface area (Å²) in [5.74, 6) is -0.0881. The molecule has 3 aromatic rings. The third-order valence-corrected chi connectivity index (χ3v) is 4.74. The van der Waals surface area contributed by atoms with E-state index in [1.807, 2.05) is 36.4 Å². The van der Waals surface area contributed by atoms with Crippen molar-refractivity contribution in [1.29, 1.82) is 0 Å². The Morgan fingerprint density at radius 3 is 2.83 bits per heavy atom. The second-order valence-electron chi connectivity index (χ2n) is 5.51. The summed E-state index contributed by atoms with van der Waals surface area (Å²) in [6.45, 7) is 3.35. The predicted molar refractivity (Wildman–Crippen MR) is 98.2 cm³/mol. The van der Waals surface area contributed by atoms with Gasteiger partial charge in [0.2, 0.25) is 0 Å². The lowest BCUT2D eigenvalue weighted by atomic mass is 10.1. The third-order valence-electron chi connectivity index (χ3n) is 3.72. The molecule has 0 saturated carbocycles. The topological polar surface area (TPSA) is 54.0 Å². The molecule has 0 atom stereocenters. The van der Waals surface area contributed by atoms with Crippen LogP contribution in [0.3, 0.4) is 0 Å². The van der Waals surface area contributed by atoms with Gasteiger partial charge in [-0.15, -0.1) is 11.3 Å². The minimum absolute atomic E-state index is 0.0881. The van der Waals surface area contributed by atoms with Gasteiger partial charge in [-0.25, -0.2) is 0 Å². The fraction of sp³-hybridized carbons (Fsp3) is 0.158. The molecule has 0 radical (unpaired) electrons. The Balaban J connectivity index is 1.60. The largest absolute Gasteiger partial charge is 0.380 e. The number of thiophene rings is 1. The van der Waals surface area contributed by atoms with Crippen LogP contribution < -0.4 is 10.6 Å². The van der Waals surface area contributed by atoms with E-state index >= 15 is 0 Å². The number of rotatable bonds is 6. The van der Waals surface area contributed by atoms with Gasteiger partial charge >= 0.3 is 0 Å². The van der Waals surface area contributed by atoms with Crippen molar-refractivity contribution in [2.24, 2.45) is 0 Å². The lowest BCUT2D eigenvalue weighted by molar-refractivity contribution is 0.0951. The first-order valence-electron chi connectivity index (χ1n) is 7.76. The average molecular weight is 337 g/mol. The fourth-order valence-corrected chi connectivity index (χ4v) is 3.17. The summed E-state index contributed by atoms with van der Waals surface area (Å²) in [6.07, 6.45) is 3.47. The molecule has 0 spiro atoms. The average Bonchev–Trinajstić information content (AvgIpc) is 3.04. The van der Waals surface area contributed by atoms with Crippen molar-refractivity contribution in [1.82, 2.24) is 10.3 Å². The first-order valence-corrected chi connectivity index (χ1v) is 8.64. The molecule has 0 saturated heterocycles. The first kappa shape index (κ1) is 16.2. The maximum Gasteiger partial charge on any atom is 0.251 e. The van der Waals surface area contributed by atoms with Crippen molar-refractivity contribution < 1.29 is 4.79 Å². The highest BCUT2D eigenvalue weighted by molar-refractivity contribution is 7.10. The number of pyridine rings is 1. The summed E-state index contributed by atoms with van der Waals surface area (Å²) in [6, 6.07) is 13.5. The van der Waals surface area contributed by atoms with E-state index in [4.69, 9.17) is 0 Å². The van der Waals surface area contributed by atoms with Gasteiger partial charge in [-0.1, -0.05) is 12.1 Å². The molecule has 3 rings (SSSR count). The molecule has 0 unspecified atom stereocenters. The molecule has 0 fully saturated rings. The molecule has 0 aliphatic heterocycles. The Morgan fingerprint density at radius 2 is 2.08 bits per heavy atom. The van der Waals surface area contributed by atoms with Gasteiger partial charge in [-0.2, -0.15) is 0 Å². The van der Waals surface area contributed by atoms with Crippen LogP contribution >= 0.6 is 11.3 Å². The molecule has 2 aromatic heterocycles. The lowest BCUT2D eigenvalue weighted by Gasteiger charge is -2.09. The van der Waals surface area contributed by atoms with Crippen LogP contribution in [0.15, 0.2) is 60.2 Å². The molecule has 2 N–H and O–H groups in total. The van der Waals surface area contributed by atoms with E-state index in [-0.39, 0.29) is 5.91 Å². The quantitative estimate of drug-likeness (QED) is 0.715. The minimum atomic E-state index is -0.0881. The minimum Gasteiger partial charge on any atom is -0.380 e. The molecule has 0 aliphatic carbocycles. The third kappa shape index (κ3) is 4.20. The van der Waals surface area contributed by atoms with E-state index in [1.165, 1.54) is 10.4 Å². The van der Waals surface area contributed by atoms with E-state index in [2.05, 4.69) is 34.0 Å². The van der Waals surface area contributed by atoms with Crippen molar-refractivity contribution in [3.05, 3.63) is 81.8 Å². The second kappa shape index (κ2) is 7.75. The van der Waals surface area contributed by atoms with Gasteiger partial charge in [0, 0.05) is 41.6 Å².